The summed E-state index contributed by atoms with van der Waals surface area (Å²) in [5.74, 6) is 0.269. The number of nitrogens with zero attached hydrogens (tertiary/aromatic N) is 3. The van der Waals surface area contributed by atoms with Gasteiger partial charge in [0.05, 0.1) is 41.9 Å². The molecule has 3 aromatic rings. The molecular formula is C26H28ClN3O4. The Morgan fingerprint density at radius 1 is 1.18 bits per heavy atom. The zero-order valence-corrected chi connectivity index (χ0v) is 20.1. The van der Waals surface area contributed by atoms with E-state index in [0.29, 0.717) is 41.6 Å². The van der Waals surface area contributed by atoms with E-state index in [1.54, 1.807) is 29.3 Å². The molecule has 8 heteroatoms. The summed E-state index contributed by atoms with van der Waals surface area (Å²) in [5.41, 5.74) is 2.88. The Labute approximate surface area is 204 Å². The summed E-state index contributed by atoms with van der Waals surface area (Å²) in [4.78, 5) is 27.2. The van der Waals surface area contributed by atoms with Gasteiger partial charge in [-0.25, -0.2) is 4.68 Å². The summed E-state index contributed by atoms with van der Waals surface area (Å²) in [6, 6.07) is 14.8. The standard InChI is InChI=1S/C26H28ClN3O4/c1-3-7-24-23(15-28-30(24)20-8-5-4-6-9-20)26(32)29-12-13-33-21(16-29)17-34-25-11-10-19(27)14-22(25)18(2)31/h4-6,8-11,14-15,21H,3,7,12-13,16-17H2,1-2H3. The normalized spacial score (nSPS) is 15.9. The lowest BCUT2D eigenvalue weighted by atomic mass is 10.1. The van der Waals surface area contributed by atoms with Crippen LogP contribution in [0, 0.1) is 0 Å². The van der Waals surface area contributed by atoms with Crippen LogP contribution in [0.15, 0.2) is 54.7 Å². The molecule has 1 aromatic heterocycles. The minimum atomic E-state index is -0.313. The number of carbonyl (C=O) groups is 2. The molecule has 1 amide bonds. The summed E-state index contributed by atoms with van der Waals surface area (Å²) in [5, 5.41) is 4.99. The number of hydrogen-bond donors (Lipinski definition) is 0. The molecular weight excluding hydrogens is 454 g/mol. The van der Waals surface area contributed by atoms with Gasteiger partial charge in [0.2, 0.25) is 0 Å². The van der Waals surface area contributed by atoms with Crippen molar-refractivity contribution in [1.29, 1.82) is 0 Å². The van der Waals surface area contributed by atoms with Gasteiger partial charge < -0.3 is 14.4 Å². The van der Waals surface area contributed by atoms with E-state index < -0.39 is 0 Å². The highest BCUT2D eigenvalue weighted by atomic mass is 35.5. The number of ether oxygens (including phenoxy) is 2. The monoisotopic (exact) mass is 481 g/mol. The number of para-hydroxylation sites is 1. The molecule has 2 heterocycles. The topological polar surface area (TPSA) is 73.7 Å². The summed E-state index contributed by atoms with van der Waals surface area (Å²) in [7, 11) is 0. The van der Waals surface area contributed by atoms with E-state index in [4.69, 9.17) is 21.1 Å². The van der Waals surface area contributed by atoms with Crippen LogP contribution >= 0.6 is 11.6 Å². The number of Topliss-reactive ketones (excluding diaryl/α,β-unsaturated/α-hetero) is 1. The first-order valence-corrected chi connectivity index (χ1v) is 11.8. The molecule has 0 saturated carbocycles. The SMILES string of the molecule is CCCc1c(C(=O)N2CCOC(COc3ccc(Cl)cc3C(C)=O)C2)cnn1-c1ccccc1. The first-order valence-electron chi connectivity index (χ1n) is 11.4. The van der Waals surface area contributed by atoms with Gasteiger partial charge in [0.1, 0.15) is 18.5 Å². The van der Waals surface area contributed by atoms with E-state index in [-0.39, 0.29) is 24.4 Å². The van der Waals surface area contributed by atoms with E-state index in [2.05, 4.69) is 12.0 Å². The summed E-state index contributed by atoms with van der Waals surface area (Å²) in [6.07, 6.45) is 3.00. The van der Waals surface area contributed by atoms with Crippen LogP contribution < -0.4 is 4.74 Å². The van der Waals surface area contributed by atoms with Crippen molar-refractivity contribution >= 4 is 23.3 Å². The molecule has 1 saturated heterocycles. The molecule has 1 unspecified atom stereocenters. The van der Waals surface area contributed by atoms with Crippen molar-refractivity contribution in [3.05, 3.63) is 76.6 Å². The molecule has 34 heavy (non-hydrogen) atoms. The summed E-state index contributed by atoms with van der Waals surface area (Å²) >= 11 is 6.01. The molecule has 2 aromatic carbocycles. The highest BCUT2D eigenvalue weighted by Crippen LogP contribution is 2.24. The lowest BCUT2D eigenvalue weighted by Gasteiger charge is -2.33. The van der Waals surface area contributed by atoms with Crippen LogP contribution in [0.3, 0.4) is 0 Å². The number of morpholine rings is 1. The number of carbonyl (C=O) groups excluding carboxylic acids is 2. The second kappa shape index (κ2) is 10.8. The molecule has 1 atom stereocenters. The van der Waals surface area contributed by atoms with Crippen molar-refractivity contribution in [2.75, 3.05) is 26.3 Å². The van der Waals surface area contributed by atoms with Crippen molar-refractivity contribution < 1.29 is 19.1 Å². The smallest absolute Gasteiger partial charge is 0.257 e. The van der Waals surface area contributed by atoms with Crippen LogP contribution in [-0.2, 0) is 11.2 Å². The molecule has 1 fully saturated rings. The molecule has 1 aliphatic rings. The van der Waals surface area contributed by atoms with Crippen molar-refractivity contribution in [2.24, 2.45) is 0 Å². The first kappa shape index (κ1) is 24.0. The van der Waals surface area contributed by atoms with Gasteiger partial charge in [0.25, 0.3) is 5.91 Å². The van der Waals surface area contributed by atoms with Gasteiger partial charge in [0, 0.05) is 11.6 Å². The quantitative estimate of drug-likeness (QED) is 0.439. The van der Waals surface area contributed by atoms with E-state index in [1.165, 1.54) is 6.92 Å². The molecule has 1 aliphatic heterocycles. The molecule has 178 valence electrons. The minimum absolute atomic E-state index is 0.0603. The highest BCUT2D eigenvalue weighted by molar-refractivity contribution is 6.31. The Bertz CT molecular complexity index is 1160. The van der Waals surface area contributed by atoms with Crippen molar-refractivity contribution in [3.8, 4) is 11.4 Å². The third-order valence-electron chi connectivity index (χ3n) is 5.76. The van der Waals surface area contributed by atoms with Crippen LogP contribution in [0.25, 0.3) is 5.69 Å². The molecule has 7 nitrogen and oxygen atoms in total. The number of ketones is 1. The van der Waals surface area contributed by atoms with Crippen LogP contribution in [0.2, 0.25) is 5.02 Å². The average molecular weight is 482 g/mol. The first-order chi connectivity index (χ1) is 16.5. The molecule has 0 aliphatic carbocycles. The summed E-state index contributed by atoms with van der Waals surface area (Å²) < 4.78 is 13.6. The van der Waals surface area contributed by atoms with E-state index in [9.17, 15) is 9.59 Å². The maximum absolute atomic E-state index is 13.5. The Hall–Kier alpha value is -3.16. The van der Waals surface area contributed by atoms with Crippen LogP contribution in [0.4, 0.5) is 0 Å². The minimum Gasteiger partial charge on any atom is -0.490 e. The number of aromatic nitrogens is 2. The molecule has 0 N–H and O–H groups in total. The number of halogens is 1. The molecule has 4 rings (SSSR count). The predicted molar refractivity (Wildman–Crippen MR) is 130 cm³/mol. The van der Waals surface area contributed by atoms with Crippen molar-refractivity contribution in [2.45, 2.75) is 32.8 Å². The van der Waals surface area contributed by atoms with E-state index in [0.717, 1.165) is 24.2 Å². The van der Waals surface area contributed by atoms with E-state index >= 15 is 0 Å². The number of benzene rings is 2. The van der Waals surface area contributed by atoms with Gasteiger partial charge in [-0.1, -0.05) is 43.1 Å². The maximum Gasteiger partial charge on any atom is 0.257 e. The third-order valence-corrected chi connectivity index (χ3v) is 5.99. The fourth-order valence-electron chi connectivity index (χ4n) is 4.08. The second-order valence-corrected chi connectivity index (χ2v) is 8.69. The lowest BCUT2D eigenvalue weighted by Crippen LogP contribution is -2.47. The van der Waals surface area contributed by atoms with Gasteiger partial charge in [0.15, 0.2) is 5.78 Å². The largest absolute Gasteiger partial charge is 0.490 e. The van der Waals surface area contributed by atoms with Gasteiger partial charge >= 0.3 is 0 Å². The van der Waals surface area contributed by atoms with Crippen LogP contribution in [0.1, 0.15) is 46.7 Å². The average Bonchev–Trinajstić information content (AvgIpc) is 3.27. The maximum atomic E-state index is 13.5. The number of rotatable bonds is 8. The highest BCUT2D eigenvalue weighted by Gasteiger charge is 2.29. The second-order valence-electron chi connectivity index (χ2n) is 8.25. The molecule has 0 bridgehead atoms. The fourth-order valence-corrected chi connectivity index (χ4v) is 4.25. The Kier molecular flexibility index (Phi) is 7.65. The van der Waals surface area contributed by atoms with Crippen molar-refractivity contribution in [1.82, 2.24) is 14.7 Å². The Balaban J connectivity index is 1.47. The lowest BCUT2D eigenvalue weighted by molar-refractivity contribution is -0.0402. The molecule has 0 spiro atoms. The van der Waals surface area contributed by atoms with Gasteiger partial charge in [-0.15, -0.1) is 0 Å². The summed E-state index contributed by atoms with van der Waals surface area (Å²) in [6.45, 7) is 5.08. The third kappa shape index (κ3) is 5.32. The Morgan fingerprint density at radius 3 is 2.71 bits per heavy atom. The van der Waals surface area contributed by atoms with Gasteiger partial charge in [-0.3, -0.25) is 9.59 Å². The fraction of sp³-hybridized carbons (Fsp3) is 0.346. The van der Waals surface area contributed by atoms with Gasteiger partial charge in [-0.05, 0) is 43.7 Å². The Morgan fingerprint density at radius 2 is 1.97 bits per heavy atom. The van der Waals surface area contributed by atoms with E-state index in [1.807, 2.05) is 35.0 Å². The van der Waals surface area contributed by atoms with Crippen molar-refractivity contribution in [3.63, 3.8) is 0 Å². The van der Waals surface area contributed by atoms with Crippen LogP contribution in [-0.4, -0.2) is 58.8 Å². The number of hydrogen-bond acceptors (Lipinski definition) is 5. The van der Waals surface area contributed by atoms with Crippen LogP contribution in [0.5, 0.6) is 5.75 Å². The predicted octanol–water partition coefficient (Wildman–Crippen LogP) is 4.60. The zero-order valence-electron chi connectivity index (χ0n) is 19.4. The zero-order chi connectivity index (χ0) is 24.1. The molecule has 0 radical (unpaired) electrons. The number of amides is 1. The van der Waals surface area contributed by atoms with Gasteiger partial charge in [-0.2, -0.15) is 5.10 Å².